The maximum Gasteiger partial charge on any atom is 0.416 e. The Kier molecular flexibility index (Phi) is 5.10. The zero-order valence-electron chi connectivity index (χ0n) is 13.4. The lowest BCUT2D eigenvalue weighted by molar-refractivity contribution is -0.137. The van der Waals surface area contributed by atoms with Crippen LogP contribution in [0.15, 0.2) is 29.6 Å². The van der Waals surface area contributed by atoms with Crippen molar-refractivity contribution in [3.05, 3.63) is 40.9 Å². The SMILES string of the molecule is NC1CCCN(C(=O)Cc2csc(-c3cccc(C(F)(F)F)c3)n2)C1. The summed E-state index contributed by atoms with van der Waals surface area (Å²) < 4.78 is 38.5. The van der Waals surface area contributed by atoms with Crippen LogP contribution in [0.1, 0.15) is 24.1 Å². The lowest BCUT2D eigenvalue weighted by Crippen LogP contribution is -2.46. The predicted molar refractivity (Wildman–Crippen MR) is 90.0 cm³/mol. The van der Waals surface area contributed by atoms with Gasteiger partial charge in [0.1, 0.15) is 5.01 Å². The first-order valence-corrected chi connectivity index (χ1v) is 8.86. The molecule has 1 amide bonds. The number of hydrogen-bond acceptors (Lipinski definition) is 4. The van der Waals surface area contributed by atoms with Crippen molar-refractivity contribution in [1.29, 1.82) is 0 Å². The Morgan fingerprint density at radius 2 is 2.20 bits per heavy atom. The Balaban J connectivity index is 1.71. The molecule has 8 heteroatoms. The topological polar surface area (TPSA) is 59.2 Å². The van der Waals surface area contributed by atoms with E-state index in [2.05, 4.69) is 4.98 Å². The molecule has 0 aliphatic carbocycles. The molecule has 2 aromatic rings. The van der Waals surface area contributed by atoms with Gasteiger partial charge in [-0.25, -0.2) is 4.98 Å². The molecule has 1 unspecified atom stereocenters. The fraction of sp³-hybridized carbons (Fsp3) is 0.412. The minimum absolute atomic E-state index is 0.00815. The first kappa shape index (κ1) is 17.9. The van der Waals surface area contributed by atoms with Crippen molar-refractivity contribution in [2.75, 3.05) is 13.1 Å². The van der Waals surface area contributed by atoms with Gasteiger partial charge in [-0.2, -0.15) is 13.2 Å². The maximum absolute atomic E-state index is 12.8. The van der Waals surface area contributed by atoms with Gasteiger partial charge in [-0.15, -0.1) is 11.3 Å². The standard InChI is InChI=1S/C17H18F3N3OS/c18-17(19,20)12-4-1-3-11(7-12)16-22-14(10-25-16)8-15(24)23-6-2-5-13(21)9-23/h1,3-4,7,10,13H,2,5-6,8-9,21H2. The van der Waals surface area contributed by atoms with Gasteiger partial charge in [0.25, 0.3) is 0 Å². The molecule has 3 rings (SSSR count). The second-order valence-corrected chi connectivity index (χ2v) is 7.00. The minimum atomic E-state index is -4.39. The molecule has 1 aliphatic rings. The third-order valence-corrected chi connectivity index (χ3v) is 5.07. The van der Waals surface area contributed by atoms with Gasteiger partial charge < -0.3 is 10.6 Å². The Labute approximate surface area is 147 Å². The molecule has 1 aromatic carbocycles. The van der Waals surface area contributed by atoms with Gasteiger partial charge in [0, 0.05) is 30.1 Å². The molecular weight excluding hydrogens is 351 g/mol. The second-order valence-electron chi connectivity index (χ2n) is 6.14. The van der Waals surface area contributed by atoms with Gasteiger partial charge in [-0.05, 0) is 25.0 Å². The fourth-order valence-electron chi connectivity index (χ4n) is 2.85. The van der Waals surface area contributed by atoms with E-state index in [9.17, 15) is 18.0 Å². The van der Waals surface area contributed by atoms with E-state index in [1.165, 1.54) is 17.4 Å². The Bertz CT molecular complexity index is 760. The van der Waals surface area contributed by atoms with E-state index in [4.69, 9.17) is 5.73 Å². The number of carbonyl (C=O) groups excluding carboxylic acids is 1. The number of aromatic nitrogens is 1. The van der Waals surface area contributed by atoms with Gasteiger partial charge in [-0.3, -0.25) is 4.79 Å². The van der Waals surface area contributed by atoms with Crippen molar-refractivity contribution in [3.63, 3.8) is 0 Å². The summed E-state index contributed by atoms with van der Waals surface area (Å²) in [6.07, 6.45) is -2.44. The fourth-order valence-corrected chi connectivity index (χ4v) is 3.67. The summed E-state index contributed by atoms with van der Waals surface area (Å²) in [7, 11) is 0. The van der Waals surface area contributed by atoms with Gasteiger partial charge in [0.05, 0.1) is 17.7 Å². The number of likely N-dealkylation sites (tertiary alicyclic amines) is 1. The van der Waals surface area contributed by atoms with Crippen LogP contribution in [0.2, 0.25) is 0 Å². The largest absolute Gasteiger partial charge is 0.416 e. The summed E-state index contributed by atoms with van der Waals surface area (Å²) in [5.41, 5.74) is 6.15. The molecule has 1 aliphatic heterocycles. The van der Waals surface area contributed by atoms with Crippen LogP contribution in [0.4, 0.5) is 13.2 Å². The number of piperidine rings is 1. The van der Waals surface area contributed by atoms with Gasteiger partial charge in [0.15, 0.2) is 0 Å². The number of nitrogens with two attached hydrogens (primary N) is 1. The van der Waals surface area contributed by atoms with Crippen molar-refractivity contribution < 1.29 is 18.0 Å². The lowest BCUT2D eigenvalue weighted by atomic mass is 10.1. The number of thiazole rings is 1. The quantitative estimate of drug-likeness (QED) is 0.903. The maximum atomic E-state index is 12.8. The average Bonchev–Trinajstić information content (AvgIpc) is 3.03. The highest BCUT2D eigenvalue weighted by Crippen LogP contribution is 2.33. The van der Waals surface area contributed by atoms with E-state index in [0.29, 0.717) is 29.4 Å². The zero-order valence-corrected chi connectivity index (χ0v) is 14.2. The smallest absolute Gasteiger partial charge is 0.341 e. The molecule has 2 N–H and O–H groups in total. The monoisotopic (exact) mass is 369 g/mol. The van der Waals surface area contributed by atoms with Crippen LogP contribution >= 0.6 is 11.3 Å². The van der Waals surface area contributed by atoms with E-state index in [0.717, 1.165) is 25.0 Å². The van der Waals surface area contributed by atoms with Crippen molar-refractivity contribution >= 4 is 17.2 Å². The molecule has 1 fully saturated rings. The van der Waals surface area contributed by atoms with Gasteiger partial charge in [-0.1, -0.05) is 12.1 Å². The van der Waals surface area contributed by atoms with E-state index >= 15 is 0 Å². The average molecular weight is 369 g/mol. The first-order chi connectivity index (χ1) is 11.8. The van der Waals surface area contributed by atoms with Gasteiger partial charge in [0.2, 0.25) is 5.91 Å². The number of alkyl halides is 3. The van der Waals surface area contributed by atoms with Crippen molar-refractivity contribution in [1.82, 2.24) is 9.88 Å². The Hall–Kier alpha value is -1.93. The highest BCUT2D eigenvalue weighted by atomic mass is 32.1. The van der Waals surface area contributed by atoms with E-state index in [-0.39, 0.29) is 18.4 Å². The molecule has 0 bridgehead atoms. The highest BCUT2D eigenvalue weighted by Gasteiger charge is 2.30. The number of hydrogen-bond donors (Lipinski definition) is 1. The summed E-state index contributed by atoms with van der Waals surface area (Å²) >= 11 is 1.24. The van der Waals surface area contributed by atoms with Gasteiger partial charge >= 0.3 is 6.18 Å². The summed E-state index contributed by atoms with van der Waals surface area (Å²) in [4.78, 5) is 18.4. The van der Waals surface area contributed by atoms with Crippen molar-refractivity contribution in [2.45, 2.75) is 31.5 Å². The first-order valence-electron chi connectivity index (χ1n) is 7.98. The molecule has 134 valence electrons. The molecule has 1 aromatic heterocycles. The molecule has 1 saturated heterocycles. The molecule has 1 atom stereocenters. The summed E-state index contributed by atoms with van der Waals surface area (Å²) in [5.74, 6) is -0.0453. The van der Waals surface area contributed by atoms with E-state index in [1.54, 1.807) is 16.3 Å². The highest BCUT2D eigenvalue weighted by molar-refractivity contribution is 7.13. The van der Waals surface area contributed by atoms with Crippen LogP contribution in [0.25, 0.3) is 10.6 Å². The van der Waals surface area contributed by atoms with Crippen molar-refractivity contribution in [2.24, 2.45) is 5.73 Å². The number of rotatable bonds is 3. The van der Waals surface area contributed by atoms with Crippen LogP contribution in [0.5, 0.6) is 0 Å². The third-order valence-electron chi connectivity index (χ3n) is 4.13. The number of carbonyl (C=O) groups is 1. The van der Waals surface area contributed by atoms with E-state index < -0.39 is 11.7 Å². The van der Waals surface area contributed by atoms with Crippen LogP contribution < -0.4 is 5.73 Å². The summed E-state index contributed by atoms with van der Waals surface area (Å²) in [6.45, 7) is 1.24. The van der Waals surface area contributed by atoms with Crippen LogP contribution in [-0.4, -0.2) is 34.9 Å². The number of amides is 1. The lowest BCUT2D eigenvalue weighted by Gasteiger charge is -2.30. The summed E-state index contributed by atoms with van der Waals surface area (Å²) in [5, 5.41) is 2.20. The number of nitrogens with zero attached hydrogens (tertiary/aromatic N) is 2. The van der Waals surface area contributed by atoms with Crippen LogP contribution in [-0.2, 0) is 17.4 Å². The molecule has 0 spiro atoms. The molecular formula is C17H18F3N3OS. The number of halogens is 3. The summed E-state index contributed by atoms with van der Waals surface area (Å²) in [6, 6.07) is 5.06. The normalized spacial score (nSPS) is 18.4. The molecule has 25 heavy (non-hydrogen) atoms. The zero-order chi connectivity index (χ0) is 18.0. The minimum Gasteiger partial charge on any atom is -0.341 e. The second kappa shape index (κ2) is 7.13. The van der Waals surface area contributed by atoms with Crippen molar-refractivity contribution in [3.8, 4) is 10.6 Å². The molecule has 0 saturated carbocycles. The van der Waals surface area contributed by atoms with Crippen LogP contribution in [0.3, 0.4) is 0 Å². The predicted octanol–water partition coefficient (Wildman–Crippen LogP) is 3.32. The third kappa shape index (κ3) is 4.38. The molecule has 4 nitrogen and oxygen atoms in total. The van der Waals surface area contributed by atoms with Crippen LogP contribution in [0, 0.1) is 0 Å². The Morgan fingerprint density at radius 1 is 1.40 bits per heavy atom. The van der Waals surface area contributed by atoms with E-state index in [1.807, 2.05) is 0 Å². The molecule has 2 heterocycles. The molecule has 0 radical (unpaired) electrons. The Morgan fingerprint density at radius 3 is 2.92 bits per heavy atom. The number of benzene rings is 1.